The molecule has 2 aliphatic rings. The minimum atomic E-state index is -0.195. The summed E-state index contributed by atoms with van der Waals surface area (Å²) in [5.41, 5.74) is 7.98. The smallest absolute Gasteiger partial charge is 0.226 e. The highest BCUT2D eigenvalue weighted by atomic mass is 16.1. The molecule has 1 saturated heterocycles. The molecule has 2 atom stereocenters. The van der Waals surface area contributed by atoms with Gasteiger partial charge < -0.3 is 5.73 Å². The number of benzene rings is 1. The summed E-state index contributed by atoms with van der Waals surface area (Å²) in [4.78, 5) is 14.4. The molecule has 3 heteroatoms. The standard InChI is InChI=1S/C16H21N2O/c17-16(19)15-13-7-3-2-6-12(13)8-9-14(15)18-10-4-1-5-11-18/h2-3,6,14-15H,1,4-5,8-11H2,(H2,17,19). The van der Waals surface area contributed by atoms with Crippen LogP contribution in [-0.4, -0.2) is 29.9 Å². The van der Waals surface area contributed by atoms with Crippen molar-refractivity contribution in [2.24, 2.45) is 5.73 Å². The van der Waals surface area contributed by atoms with Gasteiger partial charge >= 0.3 is 0 Å². The molecule has 3 nitrogen and oxygen atoms in total. The summed E-state index contributed by atoms with van der Waals surface area (Å²) in [6.45, 7) is 2.22. The van der Waals surface area contributed by atoms with Crippen LogP contribution in [0.3, 0.4) is 0 Å². The van der Waals surface area contributed by atoms with Gasteiger partial charge in [0.05, 0.1) is 5.92 Å². The monoisotopic (exact) mass is 257 g/mol. The van der Waals surface area contributed by atoms with E-state index in [-0.39, 0.29) is 17.9 Å². The zero-order chi connectivity index (χ0) is 13.2. The van der Waals surface area contributed by atoms with Gasteiger partial charge in [0.25, 0.3) is 0 Å². The third kappa shape index (κ3) is 2.39. The van der Waals surface area contributed by atoms with Crippen molar-refractivity contribution in [3.05, 3.63) is 35.4 Å². The van der Waals surface area contributed by atoms with Gasteiger partial charge in [0.15, 0.2) is 0 Å². The summed E-state index contributed by atoms with van der Waals surface area (Å²) < 4.78 is 0. The molecule has 3 rings (SSSR count). The van der Waals surface area contributed by atoms with Gasteiger partial charge in [-0.1, -0.05) is 24.6 Å². The Labute approximate surface area is 114 Å². The number of carbonyl (C=O) groups is 1. The molecule has 1 aliphatic carbocycles. The molecule has 1 aromatic rings. The molecule has 1 amide bonds. The Hall–Kier alpha value is -1.35. The van der Waals surface area contributed by atoms with Crippen LogP contribution in [-0.2, 0) is 11.2 Å². The van der Waals surface area contributed by atoms with Gasteiger partial charge in [-0.25, -0.2) is 0 Å². The Morgan fingerprint density at radius 1 is 1.32 bits per heavy atom. The highest BCUT2D eigenvalue weighted by Crippen LogP contribution is 2.35. The van der Waals surface area contributed by atoms with Crippen LogP contribution in [0.15, 0.2) is 18.2 Å². The number of piperidine rings is 1. The first-order valence-electron chi connectivity index (χ1n) is 7.30. The lowest BCUT2D eigenvalue weighted by Gasteiger charge is -2.41. The largest absolute Gasteiger partial charge is 0.369 e. The van der Waals surface area contributed by atoms with E-state index in [1.807, 2.05) is 12.1 Å². The SMILES string of the molecule is NC(=O)C1c2[c]cccc2CCC1N1CCCCC1. The van der Waals surface area contributed by atoms with E-state index in [0.717, 1.165) is 31.5 Å². The van der Waals surface area contributed by atoms with Crippen LogP contribution >= 0.6 is 0 Å². The second-order valence-corrected chi connectivity index (χ2v) is 5.69. The summed E-state index contributed by atoms with van der Waals surface area (Å²) in [6.07, 6.45) is 5.88. The van der Waals surface area contributed by atoms with Crippen LogP contribution < -0.4 is 5.73 Å². The highest BCUT2D eigenvalue weighted by molar-refractivity contribution is 5.83. The summed E-state index contributed by atoms with van der Waals surface area (Å²) >= 11 is 0. The first-order chi connectivity index (χ1) is 9.27. The molecule has 0 aromatic heterocycles. The average Bonchev–Trinajstić information content (AvgIpc) is 2.46. The Kier molecular flexibility index (Phi) is 3.56. The number of nitrogens with zero attached hydrogens (tertiary/aromatic N) is 1. The molecular weight excluding hydrogens is 236 g/mol. The molecule has 1 aromatic carbocycles. The number of hydrogen-bond acceptors (Lipinski definition) is 2. The zero-order valence-electron chi connectivity index (χ0n) is 11.3. The number of rotatable bonds is 2. The fraction of sp³-hybridized carbons (Fsp3) is 0.562. The Bertz CT molecular complexity index is 466. The maximum atomic E-state index is 11.9. The average molecular weight is 257 g/mol. The predicted octanol–water partition coefficient (Wildman–Crippen LogP) is 1.86. The molecule has 2 unspecified atom stereocenters. The maximum Gasteiger partial charge on any atom is 0.226 e. The van der Waals surface area contributed by atoms with Gasteiger partial charge in [-0.05, 0) is 56.0 Å². The van der Waals surface area contributed by atoms with E-state index in [0.29, 0.717) is 0 Å². The van der Waals surface area contributed by atoms with Crippen LogP contribution in [0.2, 0.25) is 0 Å². The van der Waals surface area contributed by atoms with Crippen LogP contribution in [0.25, 0.3) is 0 Å². The molecule has 0 bridgehead atoms. The van der Waals surface area contributed by atoms with Crippen LogP contribution in [0.5, 0.6) is 0 Å². The van der Waals surface area contributed by atoms with E-state index in [1.54, 1.807) is 0 Å². The number of primary amides is 1. The highest BCUT2D eigenvalue weighted by Gasteiger charge is 2.37. The van der Waals surface area contributed by atoms with E-state index < -0.39 is 0 Å². The van der Waals surface area contributed by atoms with Crippen molar-refractivity contribution in [3.63, 3.8) is 0 Å². The van der Waals surface area contributed by atoms with Crippen molar-refractivity contribution in [2.45, 2.75) is 44.1 Å². The number of amides is 1. The lowest BCUT2D eigenvalue weighted by molar-refractivity contribution is -0.121. The summed E-state index contributed by atoms with van der Waals surface area (Å²) in [5, 5.41) is 0. The molecule has 1 radical (unpaired) electrons. The summed E-state index contributed by atoms with van der Waals surface area (Å²) in [7, 11) is 0. The number of aryl methyl sites for hydroxylation is 1. The number of carbonyl (C=O) groups excluding carboxylic acids is 1. The lowest BCUT2D eigenvalue weighted by atomic mass is 9.77. The molecule has 1 heterocycles. The van der Waals surface area contributed by atoms with E-state index in [4.69, 9.17) is 5.73 Å². The lowest BCUT2D eigenvalue weighted by Crippen LogP contribution is -2.48. The van der Waals surface area contributed by atoms with E-state index in [1.165, 1.54) is 24.8 Å². The van der Waals surface area contributed by atoms with E-state index in [2.05, 4.69) is 17.0 Å². The van der Waals surface area contributed by atoms with Crippen molar-refractivity contribution in [3.8, 4) is 0 Å². The van der Waals surface area contributed by atoms with Gasteiger partial charge in [-0.3, -0.25) is 9.69 Å². The van der Waals surface area contributed by atoms with Crippen molar-refractivity contribution >= 4 is 5.91 Å². The minimum absolute atomic E-state index is 0.178. The molecule has 0 saturated carbocycles. The van der Waals surface area contributed by atoms with Gasteiger partial charge in [-0.2, -0.15) is 0 Å². The number of fused-ring (bicyclic) bond motifs is 1. The molecular formula is C16H21N2O. The predicted molar refractivity (Wildman–Crippen MR) is 74.7 cm³/mol. The topological polar surface area (TPSA) is 46.3 Å². The van der Waals surface area contributed by atoms with Crippen molar-refractivity contribution in [1.82, 2.24) is 4.90 Å². The summed E-state index contributed by atoms with van der Waals surface area (Å²) in [5.74, 6) is -0.373. The molecule has 101 valence electrons. The zero-order valence-corrected chi connectivity index (χ0v) is 11.3. The Balaban J connectivity index is 1.91. The van der Waals surface area contributed by atoms with E-state index >= 15 is 0 Å². The quantitative estimate of drug-likeness (QED) is 0.879. The van der Waals surface area contributed by atoms with Gasteiger partial charge in [0.1, 0.15) is 0 Å². The molecule has 1 aliphatic heterocycles. The summed E-state index contributed by atoms with van der Waals surface area (Å²) in [6, 6.07) is 9.54. The number of nitrogens with two attached hydrogens (primary N) is 1. The van der Waals surface area contributed by atoms with Crippen molar-refractivity contribution in [1.29, 1.82) is 0 Å². The minimum Gasteiger partial charge on any atom is -0.369 e. The second-order valence-electron chi connectivity index (χ2n) is 5.69. The van der Waals surface area contributed by atoms with Crippen molar-refractivity contribution < 1.29 is 4.79 Å². The number of likely N-dealkylation sites (tertiary alicyclic amines) is 1. The number of hydrogen-bond donors (Lipinski definition) is 1. The Morgan fingerprint density at radius 2 is 2.11 bits per heavy atom. The fourth-order valence-electron chi connectivity index (χ4n) is 3.63. The first-order valence-corrected chi connectivity index (χ1v) is 7.30. The van der Waals surface area contributed by atoms with Crippen LogP contribution in [0, 0.1) is 6.07 Å². The van der Waals surface area contributed by atoms with Gasteiger partial charge in [0, 0.05) is 6.04 Å². The second kappa shape index (κ2) is 5.33. The Morgan fingerprint density at radius 3 is 2.84 bits per heavy atom. The van der Waals surface area contributed by atoms with Crippen molar-refractivity contribution in [2.75, 3.05) is 13.1 Å². The normalized spacial score (nSPS) is 27.8. The van der Waals surface area contributed by atoms with Crippen LogP contribution in [0.4, 0.5) is 0 Å². The molecule has 1 fully saturated rings. The molecule has 19 heavy (non-hydrogen) atoms. The van der Waals surface area contributed by atoms with Gasteiger partial charge in [0.2, 0.25) is 5.91 Å². The third-order valence-corrected chi connectivity index (χ3v) is 4.55. The molecule has 0 spiro atoms. The fourth-order valence-corrected chi connectivity index (χ4v) is 3.63. The molecule has 2 N–H and O–H groups in total. The maximum absolute atomic E-state index is 11.9. The van der Waals surface area contributed by atoms with Gasteiger partial charge in [-0.15, -0.1) is 0 Å². The third-order valence-electron chi connectivity index (χ3n) is 4.55. The van der Waals surface area contributed by atoms with Crippen LogP contribution in [0.1, 0.15) is 42.7 Å². The first kappa shape index (κ1) is 12.7. The van der Waals surface area contributed by atoms with E-state index in [9.17, 15) is 4.79 Å².